The normalized spacial score (nSPS) is 13.3. The van der Waals surface area contributed by atoms with Crippen LogP contribution in [0.5, 0.6) is 5.75 Å². The maximum Gasteiger partial charge on any atom is 0.120 e. The maximum atomic E-state index is 9.95. The number of aromatic nitrogens is 2. The first-order valence-electron chi connectivity index (χ1n) is 7.34. The zero-order chi connectivity index (χ0) is 15.5. The summed E-state index contributed by atoms with van der Waals surface area (Å²) < 4.78 is 2.08. The van der Waals surface area contributed by atoms with Gasteiger partial charge in [-0.15, -0.1) is 0 Å². The molecule has 2 rings (SSSR count). The lowest BCUT2D eigenvalue weighted by Crippen LogP contribution is -2.43. The minimum Gasteiger partial charge on any atom is -0.508 e. The molecule has 0 spiro atoms. The topological polar surface area (TPSA) is 50.1 Å². The van der Waals surface area contributed by atoms with Crippen LogP contribution in [0.2, 0.25) is 0 Å². The highest BCUT2D eigenvalue weighted by atomic mass is 16.3. The minimum absolute atomic E-state index is 0.115. The number of rotatable bonds is 5. The molecule has 4 nitrogen and oxygen atoms in total. The lowest BCUT2D eigenvalue weighted by molar-refractivity contribution is 0.239. The average molecular weight is 287 g/mol. The molecular formula is C17H25N3O. The summed E-state index contributed by atoms with van der Waals surface area (Å²) in [6.45, 7) is 10.2. The molecule has 0 saturated carbocycles. The van der Waals surface area contributed by atoms with E-state index in [1.165, 1.54) is 0 Å². The number of aryl methyl sites for hydroxylation is 1. The van der Waals surface area contributed by atoms with Crippen molar-refractivity contribution in [3.05, 3.63) is 48.0 Å². The SMILES string of the molecule is Cc1ccc(O)c(CNC(Cn2ccnc2)C(C)(C)C)c1. The molecule has 114 valence electrons. The Bertz CT molecular complexity index is 570. The Morgan fingerprint density at radius 3 is 2.71 bits per heavy atom. The summed E-state index contributed by atoms with van der Waals surface area (Å²) in [4.78, 5) is 4.10. The highest BCUT2D eigenvalue weighted by Gasteiger charge is 2.24. The molecular weight excluding hydrogens is 262 g/mol. The quantitative estimate of drug-likeness (QED) is 0.888. The van der Waals surface area contributed by atoms with Crippen LogP contribution in [0.25, 0.3) is 0 Å². The molecule has 2 N–H and O–H groups in total. The van der Waals surface area contributed by atoms with E-state index < -0.39 is 0 Å². The van der Waals surface area contributed by atoms with Crippen molar-refractivity contribution in [1.82, 2.24) is 14.9 Å². The summed E-state index contributed by atoms with van der Waals surface area (Å²) in [5.41, 5.74) is 2.21. The molecule has 0 aliphatic rings. The first-order chi connectivity index (χ1) is 9.86. The molecule has 21 heavy (non-hydrogen) atoms. The van der Waals surface area contributed by atoms with Crippen molar-refractivity contribution in [3.63, 3.8) is 0 Å². The van der Waals surface area contributed by atoms with Gasteiger partial charge in [0, 0.05) is 37.1 Å². The number of imidazole rings is 1. The Balaban J connectivity index is 2.07. The second-order valence-electron chi connectivity index (χ2n) is 6.69. The lowest BCUT2D eigenvalue weighted by atomic mass is 9.86. The standard InChI is InChI=1S/C17H25N3O/c1-13-5-6-15(21)14(9-13)10-19-16(17(2,3)4)11-20-8-7-18-12-20/h5-9,12,16,19,21H,10-11H2,1-4H3. The summed E-state index contributed by atoms with van der Waals surface area (Å²) in [5.74, 6) is 0.350. The zero-order valence-electron chi connectivity index (χ0n) is 13.3. The van der Waals surface area contributed by atoms with Crippen molar-refractivity contribution in [2.75, 3.05) is 0 Å². The van der Waals surface area contributed by atoms with Crippen LogP contribution in [0, 0.1) is 12.3 Å². The van der Waals surface area contributed by atoms with Gasteiger partial charge in [-0.2, -0.15) is 0 Å². The third kappa shape index (κ3) is 4.33. The molecule has 0 amide bonds. The maximum absolute atomic E-state index is 9.95. The van der Waals surface area contributed by atoms with Gasteiger partial charge in [0.25, 0.3) is 0 Å². The van der Waals surface area contributed by atoms with Gasteiger partial charge >= 0.3 is 0 Å². The van der Waals surface area contributed by atoms with E-state index in [0.717, 1.165) is 17.7 Å². The van der Waals surface area contributed by atoms with Gasteiger partial charge in [0.05, 0.1) is 6.33 Å². The highest BCUT2D eigenvalue weighted by molar-refractivity contribution is 5.35. The monoisotopic (exact) mass is 287 g/mol. The molecule has 1 heterocycles. The van der Waals surface area contributed by atoms with E-state index >= 15 is 0 Å². The van der Waals surface area contributed by atoms with E-state index in [1.54, 1.807) is 12.3 Å². The molecule has 1 aromatic heterocycles. The number of nitrogens with one attached hydrogen (secondary N) is 1. The fourth-order valence-electron chi connectivity index (χ4n) is 2.34. The number of phenolic OH excluding ortho intramolecular Hbond substituents is 1. The van der Waals surface area contributed by atoms with E-state index in [9.17, 15) is 5.11 Å². The van der Waals surface area contributed by atoms with Crippen molar-refractivity contribution >= 4 is 0 Å². The molecule has 1 unspecified atom stereocenters. The molecule has 1 aromatic carbocycles. The van der Waals surface area contributed by atoms with Crippen LogP contribution >= 0.6 is 0 Å². The highest BCUT2D eigenvalue weighted by Crippen LogP contribution is 2.23. The fraction of sp³-hybridized carbons (Fsp3) is 0.471. The van der Waals surface area contributed by atoms with Gasteiger partial charge in [-0.05, 0) is 18.4 Å². The number of nitrogens with zero attached hydrogens (tertiary/aromatic N) is 2. The van der Waals surface area contributed by atoms with Crippen LogP contribution in [-0.2, 0) is 13.1 Å². The molecule has 2 aromatic rings. The van der Waals surface area contributed by atoms with Crippen LogP contribution in [0.1, 0.15) is 31.9 Å². The van der Waals surface area contributed by atoms with Crippen LogP contribution in [-0.4, -0.2) is 20.7 Å². The molecule has 4 heteroatoms. The first kappa shape index (κ1) is 15.6. The van der Waals surface area contributed by atoms with Gasteiger partial charge in [-0.25, -0.2) is 4.98 Å². The van der Waals surface area contributed by atoms with E-state index in [0.29, 0.717) is 12.3 Å². The Hall–Kier alpha value is -1.81. The Kier molecular flexibility index (Phi) is 4.68. The molecule has 0 aliphatic heterocycles. The van der Waals surface area contributed by atoms with Crippen molar-refractivity contribution < 1.29 is 5.11 Å². The Labute approximate surface area is 126 Å². The number of phenols is 1. The summed E-state index contributed by atoms with van der Waals surface area (Å²) >= 11 is 0. The minimum atomic E-state index is 0.115. The van der Waals surface area contributed by atoms with Gasteiger partial charge in [0.1, 0.15) is 5.75 Å². The zero-order valence-corrected chi connectivity index (χ0v) is 13.3. The van der Waals surface area contributed by atoms with Gasteiger partial charge < -0.3 is 15.0 Å². The van der Waals surface area contributed by atoms with Crippen LogP contribution < -0.4 is 5.32 Å². The molecule has 0 saturated heterocycles. The number of benzene rings is 1. The van der Waals surface area contributed by atoms with Crippen molar-refractivity contribution in [2.24, 2.45) is 5.41 Å². The predicted octanol–water partition coefficient (Wildman–Crippen LogP) is 3.10. The van der Waals surface area contributed by atoms with Gasteiger partial charge in [0.2, 0.25) is 0 Å². The Morgan fingerprint density at radius 1 is 1.33 bits per heavy atom. The number of hydrogen-bond acceptors (Lipinski definition) is 3. The number of aromatic hydroxyl groups is 1. The van der Waals surface area contributed by atoms with Crippen molar-refractivity contribution in [3.8, 4) is 5.75 Å². The lowest BCUT2D eigenvalue weighted by Gasteiger charge is -2.32. The average Bonchev–Trinajstić information content (AvgIpc) is 2.89. The van der Waals surface area contributed by atoms with Crippen molar-refractivity contribution in [1.29, 1.82) is 0 Å². The van der Waals surface area contributed by atoms with Crippen LogP contribution in [0.3, 0.4) is 0 Å². The van der Waals surface area contributed by atoms with E-state index in [4.69, 9.17) is 0 Å². The predicted molar refractivity (Wildman–Crippen MR) is 85.2 cm³/mol. The second kappa shape index (κ2) is 6.31. The van der Waals surface area contributed by atoms with E-state index in [-0.39, 0.29) is 11.5 Å². The van der Waals surface area contributed by atoms with E-state index in [1.807, 2.05) is 31.6 Å². The summed E-state index contributed by atoms with van der Waals surface area (Å²) in [5, 5.41) is 13.5. The fourth-order valence-corrected chi connectivity index (χ4v) is 2.34. The van der Waals surface area contributed by atoms with Crippen LogP contribution in [0.15, 0.2) is 36.9 Å². The molecule has 0 bridgehead atoms. The Morgan fingerprint density at radius 2 is 2.10 bits per heavy atom. The third-order valence-corrected chi connectivity index (χ3v) is 3.77. The first-order valence-corrected chi connectivity index (χ1v) is 7.34. The van der Waals surface area contributed by atoms with Crippen molar-refractivity contribution in [2.45, 2.75) is 46.8 Å². The third-order valence-electron chi connectivity index (χ3n) is 3.77. The summed E-state index contributed by atoms with van der Waals surface area (Å²) in [6.07, 6.45) is 5.61. The largest absolute Gasteiger partial charge is 0.508 e. The van der Waals surface area contributed by atoms with Gasteiger partial charge in [-0.1, -0.05) is 38.5 Å². The summed E-state index contributed by atoms with van der Waals surface area (Å²) in [7, 11) is 0. The second-order valence-corrected chi connectivity index (χ2v) is 6.69. The molecule has 0 radical (unpaired) electrons. The van der Waals surface area contributed by atoms with E-state index in [2.05, 4.69) is 35.6 Å². The summed E-state index contributed by atoms with van der Waals surface area (Å²) in [6, 6.07) is 5.99. The van der Waals surface area contributed by atoms with Gasteiger partial charge in [-0.3, -0.25) is 0 Å². The number of hydrogen-bond donors (Lipinski definition) is 2. The molecule has 0 aliphatic carbocycles. The molecule has 1 atom stereocenters. The van der Waals surface area contributed by atoms with Crippen LogP contribution in [0.4, 0.5) is 0 Å². The smallest absolute Gasteiger partial charge is 0.120 e. The molecule has 0 fully saturated rings. The van der Waals surface area contributed by atoms with Gasteiger partial charge in [0.15, 0.2) is 0 Å².